The molecule has 0 aliphatic carbocycles. The summed E-state index contributed by atoms with van der Waals surface area (Å²) in [5.74, 6) is -0.356. The highest BCUT2D eigenvalue weighted by molar-refractivity contribution is 7.10. The van der Waals surface area contributed by atoms with E-state index in [1.54, 1.807) is 30.4 Å². The third kappa shape index (κ3) is 3.81. The average Bonchev–Trinajstić information content (AvgIpc) is 3.09. The Hall–Kier alpha value is -2.66. The Morgan fingerprint density at radius 2 is 1.92 bits per heavy atom. The normalized spacial score (nSPS) is 11.9. The van der Waals surface area contributed by atoms with E-state index in [0.717, 1.165) is 16.1 Å². The van der Waals surface area contributed by atoms with Gasteiger partial charge in [0, 0.05) is 10.6 Å². The minimum atomic E-state index is -0.364. The van der Waals surface area contributed by atoms with Crippen LogP contribution in [0.15, 0.2) is 64.8 Å². The predicted molar refractivity (Wildman–Crippen MR) is 96.5 cm³/mol. The molecule has 2 aromatic heterocycles. The van der Waals surface area contributed by atoms with E-state index in [-0.39, 0.29) is 23.1 Å². The van der Waals surface area contributed by atoms with Crippen molar-refractivity contribution in [1.82, 2.24) is 10.3 Å². The van der Waals surface area contributed by atoms with E-state index in [0.29, 0.717) is 6.42 Å². The summed E-state index contributed by atoms with van der Waals surface area (Å²) >= 11 is 1.59. The van der Waals surface area contributed by atoms with Crippen molar-refractivity contribution >= 4 is 17.2 Å². The highest BCUT2D eigenvalue weighted by Crippen LogP contribution is 2.23. The molecule has 0 aliphatic heterocycles. The Morgan fingerprint density at radius 3 is 2.58 bits per heavy atom. The zero-order valence-electron chi connectivity index (χ0n) is 13.3. The number of benzene rings is 1. The van der Waals surface area contributed by atoms with Crippen molar-refractivity contribution in [3.63, 3.8) is 0 Å². The third-order valence-corrected chi connectivity index (χ3v) is 4.76. The lowest BCUT2D eigenvalue weighted by Gasteiger charge is -2.17. The number of amides is 1. The molecule has 0 spiro atoms. The maximum absolute atomic E-state index is 12.5. The van der Waals surface area contributed by atoms with Gasteiger partial charge in [-0.1, -0.05) is 36.4 Å². The monoisotopic (exact) mass is 338 g/mol. The first kappa shape index (κ1) is 16.2. The molecule has 122 valence electrons. The van der Waals surface area contributed by atoms with E-state index in [9.17, 15) is 9.59 Å². The van der Waals surface area contributed by atoms with Crippen LogP contribution in [-0.2, 0) is 6.42 Å². The summed E-state index contributed by atoms with van der Waals surface area (Å²) in [5, 5.41) is 4.98. The summed E-state index contributed by atoms with van der Waals surface area (Å²) in [6, 6.07) is 17.1. The van der Waals surface area contributed by atoms with Gasteiger partial charge >= 0.3 is 0 Å². The van der Waals surface area contributed by atoms with Gasteiger partial charge in [-0.3, -0.25) is 9.59 Å². The molecule has 1 aromatic carbocycles. The molecule has 24 heavy (non-hydrogen) atoms. The first-order valence-corrected chi connectivity index (χ1v) is 8.59. The smallest absolute Gasteiger partial charge is 0.260 e. The summed E-state index contributed by atoms with van der Waals surface area (Å²) in [6.07, 6.45) is 0.677. The first-order chi connectivity index (χ1) is 11.6. The van der Waals surface area contributed by atoms with Crippen LogP contribution in [0.2, 0.25) is 0 Å². The lowest BCUT2D eigenvalue weighted by Crippen LogP contribution is -2.33. The second-order valence-electron chi connectivity index (χ2n) is 5.62. The molecular weight excluding hydrogens is 320 g/mol. The number of hydrogen-bond donors (Lipinski definition) is 2. The molecular formula is C19H18N2O2S. The molecule has 1 amide bonds. The lowest BCUT2D eigenvalue weighted by molar-refractivity contribution is 0.0935. The minimum Gasteiger partial charge on any atom is -0.344 e. The summed E-state index contributed by atoms with van der Waals surface area (Å²) in [4.78, 5) is 28.3. The zero-order chi connectivity index (χ0) is 16.9. The number of pyridine rings is 1. The molecule has 2 N–H and O–H groups in total. The van der Waals surface area contributed by atoms with E-state index < -0.39 is 0 Å². The van der Waals surface area contributed by atoms with Gasteiger partial charge in [0.15, 0.2) is 0 Å². The summed E-state index contributed by atoms with van der Waals surface area (Å²) in [5.41, 5.74) is 1.64. The number of aromatic nitrogens is 1. The fourth-order valence-corrected chi connectivity index (χ4v) is 3.33. The van der Waals surface area contributed by atoms with Crippen LogP contribution in [0.5, 0.6) is 0 Å². The number of thiophene rings is 1. The molecule has 0 unspecified atom stereocenters. The highest BCUT2D eigenvalue weighted by atomic mass is 32.1. The Balaban J connectivity index is 1.84. The molecule has 0 saturated carbocycles. The second-order valence-corrected chi connectivity index (χ2v) is 6.59. The standard InChI is InChI=1S/C19H18N2O2S/c1-13-9-10-15(18(22)20-13)19(23)21-16(17-8-5-11-24-17)12-14-6-3-2-4-7-14/h2-11,16H,12H2,1H3,(H,20,22)(H,21,23)/t16-/m0/s1. The van der Waals surface area contributed by atoms with Gasteiger partial charge < -0.3 is 10.3 Å². The number of aryl methyl sites for hydroxylation is 1. The fraction of sp³-hybridized carbons (Fsp3) is 0.158. The van der Waals surface area contributed by atoms with Crippen molar-refractivity contribution in [2.24, 2.45) is 0 Å². The maximum atomic E-state index is 12.5. The number of aromatic amines is 1. The molecule has 1 atom stereocenters. The van der Waals surface area contributed by atoms with Gasteiger partial charge in [-0.2, -0.15) is 0 Å². The number of nitrogens with one attached hydrogen (secondary N) is 2. The lowest BCUT2D eigenvalue weighted by atomic mass is 10.0. The van der Waals surface area contributed by atoms with E-state index in [1.165, 1.54) is 0 Å². The number of rotatable bonds is 5. The van der Waals surface area contributed by atoms with Crippen molar-refractivity contribution in [2.45, 2.75) is 19.4 Å². The molecule has 0 aliphatic rings. The molecule has 5 heteroatoms. The van der Waals surface area contributed by atoms with Gasteiger partial charge in [-0.15, -0.1) is 11.3 Å². The van der Waals surface area contributed by atoms with Crippen LogP contribution in [0.1, 0.15) is 32.5 Å². The molecule has 2 heterocycles. The number of carbonyl (C=O) groups is 1. The van der Waals surface area contributed by atoms with Crippen molar-refractivity contribution in [3.8, 4) is 0 Å². The summed E-state index contributed by atoms with van der Waals surface area (Å²) in [6.45, 7) is 1.78. The number of H-pyrrole nitrogens is 1. The summed E-state index contributed by atoms with van der Waals surface area (Å²) in [7, 11) is 0. The molecule has 3 aromatic rings. The van der Waals surface area contributed by atoms with Gasteiger partial charge in [-0.05, 0) is 42.5 Å². The van der Waals surface area contributed by atoms with Crippen LogP contribution in [0.4, 0.5) is 0 Å². The van der Waals surface area contributed by atoms with Gasteiger partial charge in [0.25, 0.3) is 11.5 Å². The Labute approximate surface area is 144 Å². The largest absolute Gasteiger partial charge is 0.344 e. The van der Waals surface area contributed by atoms with Crippen LogP contribution in [0.25, 0.3) is 0 Å². The van der Waals surface area contributed by atoms with Crippen LogP contribution in [0.3, 0.4) is 0 Å². The van der Waals surface area contributed by atoms with Crippen molar-refractivity contribution in [1.29, 1.82) is 0 Å². The SMILES string of the molecule is Cc1ccc(C(=O)N[C@@H](Cc2ccccc2)c2cccs2)c(=O)[nH]1. The molecule has 3 rings (SSSR count). The van der Waals surface area contributed by atoms with E-state index >= 15 is 0 Å². The Kier molecular flexibility index (Phi) is 4.91. The quantitative estimate of drug-likeness (QED) is 0.748. The van der Waals surface area contributed by atoms with E-state index in [2.05, 4.69) is 10.3 Å². The molecule has 4 nitrogen and oxygen atoms in total. The number of hydrogen-bond acceptors (Lipinski definition) is 3. The Morgan fingerprint density at radius 1 is 1.12 bits per heavy atom. The van der Waals surface area contributed by atoms with Gasteiger partial charge in [-0.25, -0.2) is 0 Å². The van der Waals surface area contributed by atoms with E-state index in [4.69, 9.17) is 0 Å². The fourth-order valence-electron chi connectivity index (χ4n) is 2.55. The van der Waals surface area contributed by atoms with Crippen molar-refractivity contribution in [3.05, 3.63) is 92.0 Å². The van der Waals surface area contributed by atoms with Crippen molar-refractivity contribution in [2.75, 3.05) is 0 Å². The number of carbonyl (C=O) groups excluding carboxylic acids is 1. The van der Waals surface area contributed by atoms with Crippen LogP contribution in [-0.4, -0.2) is 10.9 Å². The maximum Gasteiger partial charge on any atom is 0.260 e. The second kappa shape index (κ2) is 7.27. The van der Waals surface area contributed by atoms with Crippen LogP contribution < -0.4 is 10.9 Å². The minimum absolute atomic E-state index is 0.134. The molecule has 0 saturated heterocycles. The molecule has 0 radical (unpaired) electrons. The van der Waals surface area contributed by atoms with Gasteiger partial charge in [0.2, 0.25) is 0 Å². The average molecular weight is 338 g/mol. The van der Waals surface area contributed by atoms with E-state index in [1.807, 2.05) is 47.8 Å². The van der Waals surface area contributed by atoms with Gasteiger partial charge in [0.05, 0.1) is 6.04 Å². The third-order valence-electron chi connectivity index (χ3n) is 3.77. The summed E-state index contributed by atoms with van der Waals surface area (Å²) < 4.78 is 0. The first-order valence-electron chi connectivity index (χ1n) is 7.71. The zero-order valence-corrected chi connectivity index (χ0v) is 14.1. The molecule has 0 bridgehead atoms. The molecule has 0 fully saturated rings. The van der Waals surface area contributed by atoms with Crippen molar-refractivity contribution < 1.29 is 4.79 Å². The predicted octanol–water partition coefficient (Wildman–Crippen LogP) is 3.46. The van der Waals surface area contributed by atoms with Crippen LogP contribution >= 0.6 is 11.3 Å². The highest BCUT2D eigenvalue weighted by Gasteiger charge is 2.19. The van der Waals surface area contributed by atoms with Crippen LogP contribution in [0, 0.1) is 6.92 Å². The van der Waals surface area contributed by atoms with Gasteiger partial charge in [0.1, 0.15) is 5.56 Å². The topological polar surface area (TPSA) is 62.0 Å². The Bertz CT molecular complexity index is 870.